The predicted molar refractivity (Wildman–Crippen MR) is 232 cm³/mol. The number of aromatic nitrogens is 1. The molecule has 0 spiro atoms. The van der Waals surface area contributed by atoms with Crippen molar-refractivity contribution in [2.24, 2.45) is 11.8 Å². The van der Waals surface area contributed by atoms with E-state index in [9.17, 15) is 22.8 Å². The zero-order chi connectivity index (χ0) is 44.3. The molecule has 2 bridgehead atoms. The van der Waals surface area contributed by atoms with Crippen molar-refractivity contribution in [3.05, 3.63) is 42.5 Å². The number of hydrogen-bond acceptors (Lipinski definition) is 12. The summed E-state index contributed by atoms with van der Waals surface area (Å²) in [5.74, 6) is -0.795. The van der Waals surface area contributed by atoms with Gasteiger partial charge in [0.25, 0.3) is 5.91 Å². The molecule has 2 aromatic rings. The molecule has 2 saturated carbocycles. The molecule has 6 fully saturated rings. The van der Waals surface area contributed by atoms with Gasteiger partial charge in [-0.3, -0.25) is 14.4 Å². The van der Waals surface area contributed by atoms with Crippen molar-refractivity contribution >= 4 is 44.7 Å². The molecule has 7 unspecified atom stereocenters. The number of hydrogen-bond donors (Lipinski definition) is 2. The van der Waals surface area contributed by atoms with E-state index in [0.29, 0.717) is 56.7 Å². The molecule has 7 aliphatic rings. The topological polar surface area (TPSA) is 186 Å². The molecular formula is C46H62N6O10S. The second-order valence-corrected chi connectivity index (χ2v) is 21.7. The van der Waals surface area contributed by atoms with E-state index in [1.54, 1.807) is 6.92 Å². The number of carbonyl (C=O) groups excluding carboxylic acids is 4. The minimum absolute atomic E-state index is 0.00831. The van der Waals surface area contributed by atoms with E-state index < -0.39 is 68.4 Å². The van der Waals surface area contributed by atoms with E-state index in [0.717, 1.165) is 79.0 Å². The number of fused-ring (bicyclic) bond motifs is 5. The highest BCUT2D eigenvalue weighted by atomic mass is 32.2. The maximum atomic E-state index is 15.1. The van der Waals surface area contributed by atoms with Gasteiger partial charge in [0.15, 0.2) is 0 Å². The number of likely N-dealkylation sites (tertiary alicyclic amines) is 1. The van der Waals surface area contributed by atoms with Gasteiger partial charge in [-0.05, 0) is 109 Å². The zero-order valence-corrected chi connectivity index (χ0v) is 37.5. The van der Waals surface area contributed by atoms with Crippen LogP contribution in [0.15, 0.2) is 36.9 Å². The number of para-hydroxylation sites is 1. The number of piperidine rings is 1. The second kappa shape index (κ2) is 17.1. The van der Waals surface area contributed by atoms with Crippen molar-refractivity contribution in [1.82, 2.24) is 29.7 Å². The monoisotopic (exact) mass is 890 g/mol. The van der Waals surface area contributed by atoms with Crippen molar-refractivity contribution in [3.8, 4) is 11.6 Å². The van der Waals surface area contributed by atoms with E-state index in [1.165, 1.54) is 17.9 Å². The van der Waals surface area contributed by atoms with Gasteiger partial charge in [0.05, 0.1) is 28.4 Å². The highest BCUT2D eigenvalue weighted by molar-refractivity contribution is 7.91. The number of β-lactam (4-membered cyclic amide) rings is 1. The Morgan fingerprint density at radius 3 is 2.46 bits per heavy atom. The average Bonchev–Trinajstić information content (AvgIpc) is 4.17. The average molecular weight is 891 g/mol. The Bertz CT molecular complexity index is 2240. The zero-order valence-electron chi connectivity index (χ0n) is 36.7. The smallest absolute Gasteiger partial charge is 0.408 e. The van der Waals surface area contributed by atoms with Crippen LogP contribution in [0.4, 0.5) is 4.79 Å². The Morgan fingerprint density at radius 1 is 0.984 bits per heavy atom. The fourth-order valence-electron chi connectivity index (χ4n) is 10.3. The number of alkyl carbamates (subject to hydrolysis) is 1. The third-order valence-corrected chi connectivity index (χ3v) is 17.4. The van der Waals surface area contributed by atoms with Crippen LogP contribution in [0.2, 0.25) is 0 Å². The van der Waals surface area contributed by atoms with E-state index >= 15 is 4.79 Å². The first-order chi connectivity index (χ1) is 30.2. The van der Waals surface area contributed by atoms with Gasteiger partial charge in [-0.2, -0.15) is 0 Å². The van der Waals surface area contributed by atoms with E-state index in [2.05, 4.69) is 29.2 Å². The summed E-state index contributed by atoms with van der Waals surface area (Å²) in [6.45, 7) is 9.59. The number of ether oxygens (including phenoxy) is 4. The van der Waals surface area contributed by atoms with Crippen LogP contribution in [0.3, 0.4) is 0 Å². The number of carbonyl (C=O) groups is 4. The number of rotatable bonds is 8. The van der Waals surface area contributed by atoms with Crippen molar-refractivity contribution in [3.63, 3.8) is 0 Å². The Labute approximate surface area is 369 Å². The second-order valence-electron chi connectivity index (χ2n) is 19.4. The van der Waals surface area contributed by atoms with E-state index in [1.807, 2.05) is 24.3 Å². The SMILES string of the molecule is C=CC1N(S(=O)(=O)C2(C)CC2)C(=O)C1(C)NC(=O)C1CC2CN1C(=O)C(C1CCOCC1)NC(=O)OC1CC1CCCCCc1c(nc3ccccc3c1OC1CCN(C)CC1)O2. The molecule has 16 nitrogen and oxygen atoms in total. The van der Waals surface area contributed by atoms with Crippen LogP contribution in [0.1, 0.15) is 96.5 Å². The quantitative estimate of drug-likeness (QED) is 0.284. The molecule has 17 heteroatoms. The van der Waals surface area contributed by atoms with Crippen molar-refractivity contribution in [1.29, 1.82) is 0 Å². The molecule has 2 aliphatic carbocycles. The molecule has 4 saturated heterocycles. The molecule has 1 aromatic carbocycles. The molecule has 4 amide bonds. The number of pyridine rings is 1. The Balaban J connectivity index is 1.07. The van der Waals surface area contributed by atoms with Gasteiger partial charge in [-0.25, -0.2) is 22.5 Å². The summed E-state index contributed by atoms with van der Waals surface area (Å²) in [4.78, 5) is 66.1. The number of benzene rings is 1. The lowest BCUT2D eigenvalue weighted by Gasteiger charge is -2.53. The molecule has 7 atom stereocenters. The van der Waals surface area contributed by atoms with Crippen LogP contribution in [0, 0.1) is 11.8 Å². The molecule has 6 heterocycles. The van der Waals surface area contributed by atoms with Gasteiger partial charge < -0.3 is 39.4 Å². The lowest BCUT2D eigenvalue weighted by atomic mass is 9.82. The van der Waals surface area contributed by atoms with Crippen LogP contribution in [0.5, 0.6) is 11.6 Å². The Hall–Kier alpha value is -4.48. The minimum Gasteiger partial charge on any atom is -0.489 e. The fourth-order valence-corrected chi connectivity index (χ4v) is 12.4. The molecule has 1 aromatic heterocycles. The van der Waals surface area contributed by atoms with E-state index in [4.69, 9.17) is 23.9 Å². The summed E-state index contributed by atoms with van der Waals surface area (Å²) in [6.07, 6.45) is 8.49. The highest BCUT2D eigenvalue weighted by Crippen LogP contribution is 2.49. The number of nitrogens with zero attached hydrogens (tertiary/aromatic N) is 4. The summed E-state index contributed by atoms with van der Waals surface area (Å²) in [5, 5.41) is 6.68. The van der Waals surface area contributed by atoms with Crippen LogP contribution >= 0.6 is 0 Å². The summed E-state index contributed by atoms with van der Waals surface area (Å²) in [7, 11) is -1.90. The summed E-state index contributed by atoms with van der Waals surface area (Å²) < 4.78 is 52.4. The first-order valence-corrected chi connectivity index (χ1v) is 24.5. The normalized spacial score (nSPS) is 32.1. The maximum absolute atomic E-state index is 15.1. The minimum atomic E-state index is -4.02. The number of amides is 4. The van der Waals surface area contributed by atoms with Gasteiger partial charge in [0.2, 0.25) is 27.7 Å². The fraction of sp³-hybridized carbons (Fsp3) is 0.674. The molecular weight excluding hydrogens is 829 g/mol. The third-order valence-electron chi connectivity index (χ3n) is 14.8. The lowest BCUT2D eigenvalue weighted by Crippen LogP contribution is -2.80. The molecule has 0 radical (unpaired) electrons. The molecule has 342 valence electrons. The van der Waals surface area contributed by atoms with Crippen molar-refractivity contribution in [2.75, 3.05) is 39.9 Å². The summed E-state index contributed by atoms with van der Waals surface area (Å²) in [5.41, 5.74) is -0.0885. The highest BCUT2D eigenvalue weighted by Gasteiger charge is 2.67. The molecule has 5 aliphatic heterocycles. The molecule has 2 N–H and O–H groups in total. The van der Waals surface area contributed by atoms with Crippen LogP contribution in [-0.2, 0) is 40.3 Å². The van der Waals surface area contributed by atoms with Crippen LogP contribution in [-0.4, -0.2) is 138 Å². The van der Waals surface area contributed by atoms with Gasteiger partial charge in [0.1, 0.15) is 41.7 Å². The van der Waals surface area contributed by atoms with Gasteiger partial charge in [-0.15, -0.1) is 6.58 Å². The Morgan fingerprint density at radius 2 is 1.73 bits per heavy atom. The standard InChI is InChI=1S/C46H62N6O10S/c1-5-37-46(3,43(55)52(37)63(57,58)45(2)19-20-45)49-40(53)35-26-31-27-51(35)42(54)38(28-17-23-59-24-18-28)48-44(56)62-36-25-29(36)11-7-6-8-13-33-39(60-30-15-21-50(4)22-16-30)32-12-9-10-14-34(32)47-41(33)61-31/h5,9-10,12,14,28-31,35-38H,1,6-8,11,13,15-27H2,2-4H3,(H,48,56)(H,49,53). The third kappa shape index (κ3) is 8.37. The first kappa shape index (κ1) is 43.8. The van der Waals surface area contributed by atoms with Gasteiger partial charge >= 0.3 is 6.09 Å². The first-order valence-electron chi connectivity index (χ1n) is 23.0. The van der Waals surface area contributed by atoms with Crippen molar-refractivity contribution in [2.45, 2.75) is 144 Å². The largest absolute Gasteiger partial charge is 0.489 e. The van der Waals surface area contributed by atoms with Crippen LogP contribution < -0.4 is 20.1 Å². The predicted octanol–water partition coefficient (Wildman–Crippen LogP) is 4.24. The summed E-state index contributed by atoms with van der Waals surface area (Å²) in [6, 6.07) is 4.64. The van der Waals surface area contributed by atoms with Crippen LogP contribution in [0.25, 0.3) is 10.9 Å². The molecule has 9 rings (SSSR count). The number of sulfonamides is 1. The lowest BCUT2D eigenvalue weighted by molar-refractivity contribution is -0.153. The van der Waals surface area contributed by atoms with Gasteiger partial charge in [-0.1, -0.05) is 31.1 Å². The maximum Gasteiger partial charge on any atom is 0.408 e. The number of nitrogens with one attached hydrogen (secondary N) is 2. The van der Waals surface area contributed by atoms with E-state index in [-0.39, 0.29) is 37.0 Å². The molecule has 63 heavy (non-hydrogen) atoms. The van der Waals surface area contributed by atoms with Crippen molar-refractivity contribution < 1.29 is 46.5 Å². The van der Waals surface area contributed by atoms with Gasteiger partial charge in [0, 0.05) is 38.1 Å². The Kier molecular flexibility index (Phi) is 11.9. The summed E-state index contributed by atoms with van der Waals surface area (Å²) >= 11 is 0.